The van der Waals surface area contributed by atoms with E-state index in [1.165, 1.54) is 28.2 Å². The predicted octanol–water partition coefficient (Wildman–Crippen LogP) is 3.28. The summed E-state index contributed by atoms with van der Waals surface area (Å²) in [4.78, 5) is 0.0725. The van der Waals surface area contributed by atoms with Crippen LogP contribution in [0, 0.1) is 5.82 Å². The van der Waals surface area contributed by atoms with E-state index in [0.29, 0.717) is 23.8 Å². The molecule has 0 aliphatic carbocycles. The third kappa shape index (κ3) is 3.47. The van der Waals surface area contributed by atoms with Gasteiger partial charge in [0.05, 0.1) is 24.5 Å². The highest BCUT2D eigenvalue weighted by Crippen LogP contribution is 2.45. The summed E-state index contributed by atoms with van der Waals surface area (Å²) in [7, 11) is -0.647. The van der Waals surface area contributed by atoms with Crippen molar-refractivity contribution in [3.63, 3.8) is 0 Å². The molecule has 1 unspecified atom stereocenters. The number of nitrogens with zero attached hydrogens (tertiary/aromatic N) is 1. The van der Waals surface area contributed by atoms with Gasteiger partial charge in [0, 0.05) is 17.9 Å². The summed E-state index contributed by atoms with van der Waals surface area (Å²) in [6.45, 7) is 0.370. The van der Waals surface area contributed by atoms with Crippen molar-refractivity contribution in [1.29, 1.82) is 0 Å². The molecule has 3 rings (SSSR count). The molecule has 0 bridgehead atoms. The fourth-order valence-electron chi connectivity index (χ4n) is 2.72. The molecular formula is C17H18FNO4S2. The van der Waals surface area contributed by atoms with Crippen LogP contribution in [0.4, 0.5) is 4.39 Å². The first-order chi connectivity index (χ1) is 12.0. The second-order valence-corrected chi connectivity index (χ2v) is 8.48. The predicted molar refractivity (Wildman–Crippen MR) is 95.0 cm³/mol. The highest BCUT2D eigenvalue weighted by Gasteiger charge is 2.38. The Morgan fingerprint density at radius 3 is 2.48 bits per heavy atom. The van der Waals surface area contributed by atoms with Crippen LogP contribution in [0.2, 0.25) is 0 Å². The van der Waals surface area contributed by atoms with Crippen molar-refractivity contribution in [1.82, 2.24) is 4.31 Å². The normalized spacial score (nSPS) is 18.3. The van der Waals surface area contributed by atoms with E-state index in [4.69, 9.17) is 9.47 Å². The van der Waals surface area contributed by atoms with Crippen LogP contribution < -0.4 is 9.47 Å². The number of thioether (sulfide) groups is 1. The molecule has 2 aromatic rings. The molecule has 1 aliphatic heterocycles. The Morgan fingerprint density at radius 1 is 1.12 bits per heavy atom. The van der Waals surface area contributed by atoms with Crippen LogP contribution >= 0.6 is 11.8 Å². The van der Waals surface area contributed by atoms with Gasteiger partial charge in [-0.2, -0.15) is 4.31 Å². The maximum absolute atomic E-state index is 13.1. The maximum Gasteiger partial charge on any atom is 0.244 e. The molecule has 1 saturated heterocycles. The van der Waals surface area contributed by atoms with E-state index in [2.05, 4.69) is 0 Å². The van der Waals surface area contributed by atoms with Crippen LogP contribution in [-0.2, 0) is 10.0 Å². The van der Waals surface area contributed by atoms with E-state index in [0.717, 1.165) is 17.7 Å². The van der Waals surface area contributed by atoms with Crippen molar-refractivity contribution in [2.45, 2.75) is 10.3 Å². The molecule has 5 nitrogen and oxygen atoms in total. The number of benzene rings is 2. The molecule has 8 heteroatoms. The summed E-state index contributed by atoms with van der Waals surface area (Å²) in [5, 5.41) is -0.430. The van der Waals surface area contributed by atoms with E-state index < -0.39 is 21.2 Å². The van der Waals surface area contributed by atoms with Gasteiger partial charge < -0.3 is 9.47 Å². The summed E-state index contributed by atoms with van der Waals surface area (Å²) in [5.74, 6) is 1.41. The van der Waals surface area contributed by atoms with Crippen molar-refractivity contribution in [3.8, 4) is 11.5 Å². The van der Waals surface area contributed by atoms with E-state index in [1.54, 1.807) is 32.4 Å². The van der Waals surface area contributed by atoms with E-state index >= 15 is 0 Å². The van der Waals surface area contributed by atoms with Crippen molar-refractivity contribution >= 4 is 21.8 Å². The second-order valence-electron chi connectivity index (χ2n) is 5.40. The fourth-order valence-corrected chi connectivity index (χ4v) is 5.97. The van der Waals surface area contributed by atoms with Crippen LogP contribution in [0.1, 0.15) is 10.9 Å². The summed E-state index contributed by atoms with van der Waals surface area (Å²) in [6.07, 6.45) is 0. The summed E-state index contributed by atoms with van der Waals surface area (Å²) < 4.78 is 51.2. The first-order valence-corrected chi connectivity index (χ1v) is 10.1. The van der Waals surface area contributed by atoms with Crippen LogP contribution in [0.3, 0.4) is 0 Å². The standard InChI is InChI=1S/C17H18FNO4S2/c1-22-13-5-8-16(23-2)15(11-13)17-19(9-10-24-17)25(20,21)14-6-3-12(18)4-7-14/h3-8,11,17H,9-10H2,1-2H3. The lowest BCUT2D eigenvalue weighted by Gasteiger charge is -2.25. The van der Waals surface area contributed by atoms with E-state index in [1.807, 2.05) is 0 Å². The molecule has 1 heterocycles. The molecule has 0 aromatic heterocycles. The highest BCUT2D eigenvalue weighted by molar-refractivity contribution is 8.01. The molecular weight excluding hydrogens is 365 g/mol. The van der Waals surface area contributed by atoms with E-state index in [9.17, 15) is 12.8 Å². The minimum Gasteiger partial charge on any atom is -0.497 e. The number of hydrogen-bond donors (Lipinski definition) is 0. The second kappa shape index (κ2) is 7.23. The molecule has 134 valence electrons. The molecule has 25 heavy (non-hydrogen) atoms. The van der Waals surface area contributed by atoms with Crippen molar-refractivity contribution in [3.05, 3.63) is 53.8 Å². The molecule has 0 N–H and O–H groups in total. The first kappa shape index (κ1) is 18.0. The maximum atomic E-state index is 13.1. The largest absolute Gasteiger partial charge is 0.497 e. The molecule has 1 fully saturated rings. The Kier molecular flexibility index (Phi) is 5.21. The molecule has 0 saturated carbocycles. The summed E-state index contributed by atoms with van der Waals surface area (Å²) in [5.41, 5.74) is 0.732. The van der Waals surface area contributed by atoms with Gasteiger partial charge in [0.2, 0.25) is 10.0 Å². The Balaban J connectivity index is 2.02. The van der Waals surface area contributed by atoms with Crippen LogP contribution in [0.25, 0.3) is 0 Å². The average molecular weight is 383 g/mol. The molecule has 0 amide bonds. The van der Waals surface area contributed by atoms with Gasteiger partial charge in [-0.3, -0.25) is 0 Å². The zero-order valence-electron chi connectivity index (χ0n) is 13.8. The first-order valence-electron chi connectivity index (χ1n) is 7.58. The van der Waals surface area contributed by atoms with Crippen molar-refractivity contribution in [2.24, 2.45) is 0 Å². The zero-order valence-corrected chi connectivity index (χ0v) is 15.4. The van der Waals surface area contributed by atoms with Gasteiger partial charge in [0.25, 0.3) is 0 Å². The topological polar surface area (TPSA) is 55.8 Å². The van der Waals surface area contributed by atoms with Gasteiger partial charge >= 0.3 is 0 Å². The third-order valence-corrected chi connectivity index (χ3v) is 7.23. The number of rotatable bonds is 5. The minimum atomic E-state index is -3.75. The smallest absolute Gasteiger partial charge is 0.244 e. The fraction of sp³-hybridized carbons (Fsp3) is 0.294. The Morgan fingerprint density at radius 2 is 1.84 bits per heavy atom. The number of methoxy groups -OCH3 is 2. The minimum absolute atomic E-state index is 0.0725. The van der Waals surface area contributed by atoms with Crippen LogP contribution in [0.5, 0.6) is 11.5 Å². The van der Waals surface area contributed by atoms with Crippen molar-refractivity contribution in [2.75, 3.05) is 26.5 Å². The van der Waals surface area contributed by atoms with Crippen LogP contribution in [0.15, 0.2) is 47.4 Å². The van der Waals surface area contributed by atoms with Gasteiger partial charge in [-0.15, -0.1) is 11.8 Å². The Bertz CT molecular complexity index is 855. The Labute approximate surface area is 150 Å². The van der Waals surface area contributed by atoms with Gasteiger partial charge in [-0.1, -0.05) is 0 Å². The SMILES string of the molecule is COc1ccc(OC)c(C2SCCN2S(=O)(=O)c2ccc(F)cc2)c1. The number of hydrogen-bond acceptors (Lipinski definition) is 5. The quantitative estimate of drug-likeness (QED) is 0.793. The molecule has 0 spiro atoms. The highest BCUT2D eigenvalue weighted by atomic mass is 32.2. The molecule has 1 atom stereocenters. The molecule has 0 radical (unpaired) electrons. The number of sulfonamides is 1. The summed E-state index contributed by atoms with van der Waals surface area (Å²) >= 11 is 1.51. The average Bonchev–Trinajstić information content (AvgIpc) is 3.12. The Hall–Kier alpha value is -1.77. The zero-order chi connectivity index (χ0) is 18.0. The van der Waals surface area contributed by atoms with Crippen LogP contribution in [-0.4, -0.2) is 39.2 Å². The van der Waals surface area contributed by atoms with Gasteiger partial charge in [0.1, 0.15) is 17.3 Å². The lowest BCUT2D eigenvalue weighted by molar-refractivity contribution is 0.382. The number of ether oxygens (including phenoxy) is 2. The lowest BCUT2D eigenvalue weighted by atomic mass is 10.2. The van der Waals surface area contributed by atoms with E-state index in [-0.39, 0.29) is 4.90 Å². The van der Waals surface area contributed by atoms with Gasteiger partial charge in [-0.25, -0.2) is 12.8 Å². The monoisotopic (exact) mass is 383 g/mol. The van der Waals surface area contributed by atoms with Crippen molar-refractivity contribution < 1.29 is 22.3 Å². The van der Waals surface area contributed by atoms with Gasteiger partial charge in [0.15, 0.2) is 0 Å². The molecule has 1 aliphatic rings. The summed E-state index contributed by atoms with van der Waals surface area (Å²) in [6, 6.07) is 10.2. The van der Waals surface area contributed by atoms with Gasteiger partial charge in [-0.05, 0) is 42.5 Å². The molecule has 2 aromatic carbocycles. The number of halogens is 1. The lowest BCUT2D eigenvalue weighted by Crippen LogP contribution is -2.30. The third-order valence-electron chi connectivity index (χ3n) is 3.97.